The highest BCUT2D eigenvalue weighted by molar-refractivity contribution is 6.17. The number of hydrogen-bond acceptors (Lipinski definition) is 5. The lowest BCUT2D eigenvalue weighted by Gasteiger charge is -2.09. The molecule has 6 heteroatoms. The zero-order chi connectivity index (χ0) is 37.5. The second-order valence-electron chi connectivity index (χ2n) is 14.4. The van der Waals surface area contributed by atoms with Crippen molar-refractivity contribution >= 4 is 65.7 Å². The minimum Gasteiger partial charge on any atom is -0.456 e. The molecule has 4 aromatic heterocycles. The van der Waals surface area contributed by atoms with Crippen LogP contribution in [0, 0.1) is 0 Å². The summed E-state index contributed by atoms with van der Waals surface area (Å²) in [6, 6.07) is 62.8. The van der Waals surface area contributed by atoms with E-state index in [-0.39, 0.29) is 0 Å². The summed E-state index contributed by atoms with van der Waals surface area (Å²) in [7, 11) is 0. The smallest absolute Gasteiger partial charge is 0.164 e. The lowest BCUT2D eigenvalue weighted by Crippen LogP contribution is -2.00. The molecule has 0 atom stereocenters. The molecule has 0 saturated carbocycles. The van der Waals surface area contributed by atoms with Gasteiger partial charge in [0.05, 0.1) is 11.0 Å². The fourth-order valence-corrected chi connectivity index (χ4v) is 8.30. The Hall–Kier alpha value is -7.83. The Kier molecular flexibility index (Phi) is 6.83. The third kappa shape index (κ3) is 5.08. The maximum absolute atomic E-state index is 6.70. The summed E-state index contributed by atoms with van der Waals surface area (Å²) in [6.45, 7) is 0. The summed E-state index contributed by atoms with van der Waals surface area (Å²) in [5, 5.41) is 6.60. The lowest BCUT2D eigenvalue weighted by atomic mass is 10.1. The van der Waals surface area contributed by atoms with E-state index in [0.29, 0.717) is 17.5 Å². The van der Waals surface area contributed by atoms with Crippen LogP contribution in [0.25, 0.3) is 117 Å². The monoisotopic (exact) mass is 730 g/mol. The van der Waals surface area contributed by atoms with Crippen molar-refractivity contribution in [1.29, 1.82) is 0 Å². The highest BCUT2D eigenvalue weighted by Crippen LogP contribution is 2.40. The number of nitrogens with zero attached hydrogens (tertiary/aromatic N) is 4. The van der Waals surface area contributed by atoms with Crippen LogP contribution >= 0.6 is 0 Å². The predicted octanol–water partition coefficient (Wildman–Crippen LogP) is 13.4. The van der Waals surface area contributed by atoms with Crippen molar-refractivity contribution in [3.8, 4) is 51.0 Å². The molecule has 266 valence electrons. The molecule has 0 bridgehead atoms. The topological polar surface area (TPSA) is 69.9 Å². The summed E-state index contributed by atoms with van der Waals surface area (Å²) in [5.41, 5.74) is 11.5. The molecule has 0 N–H and O–H groups in total. The highest BCUT2D eigenvalue weighted by atomic mass is 16.3. The van der Waals surface area contributed by atoms with Gasteiger partial charge in [0, 0.05) is 60.8 Å². The average Bonchev–Trinajstić information content (AvgIpc) is 3.94. The van der Waals surface area contributed by atoms with Gasteiger partial charge in [0.1, 0.15) is 22.3 Å². The van der Waals surface area contributed by atoms with Crippen molar-refractivity contribution in [1.82, 2.24) is 19.5 Å². The van der Waals surface area contributed by atoms with E-state index in [2.05, 4.69) is 120 Å². The molecular formula is C51H30N4O2. The van der Waals surface area contributed by atoms with Crippen LogP contribution < -0.4 is 0 Å². The van der Waals surface area contributed by atoms with Crippen LogP contribution in [0.1, 0.15) is 0 Å². The van der Waals surface area contributed by atoms with Gasteiger partial charge in [-0.05, 0) is 65.7 Å². The number of hydrogen-bond donors (Lipinski definition) is 0. The van der Waals surface area contributed by atoms with Crippen molar-refractivity contribution < 1.29 is 8.83 Å². The van der Waals surface area contributed by atoms with Gasteiger partial charge in [-0.25, -0.2) is 15.0 Å². The number of fused-ring (bicyclic) bond motifs is 9. The Bertz CT molecular complexity index is 3510. The SMILES string of the molecule is c1ccc(-c2ccc(-n3c4ccccc4c4cc5c(cc43)oc3cc(-c4nc(-c6ccccc6)nc(-c6ccc7c(c6)oc6ccccc67)n4)ccc35)cc2)cc1. The molecule has 0 aliphatic carbocycles. The van der Waals surface area contributed by atoms with Crippen LogP contribution in [0.4, 0.5) is 0 Å². The first-order chi connectivity index (χ1) is 28.2. The molecule has 0 unspecified atom stereocenters. The molecule has 0 saturated heterocycles. The van der Waals surface area contributed by atoms with E-state index in [1.54, 1.807) is 0 Å². The van der Waals surface area contributed by atoms with Crippen LogP contribution in [-0.4, -0.2) is 19.5 Å². The van der Waals surface area contributed by atoms with Crippen LogP contribution in [0.5, 0.6) is 0 Å². The van der Waals surface area contributed by atoms with Gasteiger partial charge in [0.15, 0.2) is 17.5 Å². The third-order valence-corrected chi connectivity index (χ3v) is 11.1. The first kappa shape index (κ1) is 31.5. The predicted molar refractivity (Wildman–Crippen MR) is 230 cm³/mol. The number of rotatable bonds is 5. The maximum Gasteiger partial charge on any atom is 0.164 e. The minimum atomic E-state index is 0.562. The van der Waals surface area contributed by atoms with Crippen molar-refractivity contribution in [2.24, 2.45) is 0 Å². The first-order valence-corrected chi connectivity index (χ1v) is 19.0. The summed E-state index contributed by atoms with van der Waals surface area (Å²) in [4.78, 5) is 15.0. The molecule has 0 radical (unpaired) electrons. The Morgan fingerprint density at radius 3 is 1.49 bits per heavy atom. The van der Waals surface area contributed by atoms with Crippen molar-refractivity contribution in [3.63, 3.8) is 0 Å². The largest absolute Gasteiger partial charge is 0.456 e. The average molecular weight is 731 g/mol. The van der Waals surface area contributed by atoms with E-state index in [9.17, 15) is 0 Å². The lowest BCUT2D eigenvalue weighted by molar-refractivity contribution is 0.669. The van der Waals surface area contributed by atoms with Gasteiger partial charge in [0.2, 0.25) is 0 Å². The molecule has 0 aliphatic heterocycles. The normalized spacial score (nSPS) is 11.9. The molecule has 12 rings (SSSR count). The summed E-state index contributed by atoms with van der Waals surface area (Å²) in [6.07, 6.45) is 0. The van der Waals surface area contributed by atoms with E-state index in [4.69, 9.17) is 23.8 Å². The molecule has 57 heavy (non-hydrogen) atoms. The zero-order valence-corrected chi connectivity index (χ0v) is 30.4. The van der Waals surface area contributed by atoms with E-state index in [0.717, 1.165) is 77.3 Å². The molecule has 8 aromatic carbocycles. The second-order valence-corrected chi connectivity index (χ2v) is 14.4. The molecule has 0 spiro atoms. The number of furan rings is 2. The second kappa shape index (κ2) is 12.3. The minimum absolute atomic E-state index is 0.562. The molecule has 0 amide bonds. The van der Waals surface area contributed by atoms with E-state index in [1.165, 1.54) is 21.9 Å². The van der Waals surface area contributed by atoms with E-state index >= 15 is 0 Å². The summed E-state index contributed by atoms with van der Waals surface area (Å²) < 4.78 is 15.3. The van der Waals surface area contributed by atoms with Gasteiger partial charge < -0.3 is 13.4 Å². The fraction of sp³-hybridized carbons (Fsp3) is 0. The van der Waals surface area contributed by atoms with Crippen LogP contribution in [0.3, 0.4) is 0 Å². The Morgan fingerprint density at radius 1 is 0.298 bits per heavy atom. The third-order valence-electron chi connectivity index (χ3n) is 11.1. The maximum atomic E-state index is 6.70. The Labute approximate surface area is 325 Å². The van der Waals surface area contributed by atoms with Crippen LogP contribution in [0.2, 0.25) is 0 Å². The molecule has 0 fully saturated rings. The molecular weight excluding hydrogens is 701 g/mol. The Balaban J connectivity index is 0.997. The van der Waals surface area contributed by atoms with Crippen molar-refractivity contribution in [2.75, 3.05) is 0 Å². The zero-order valence-electron chi connectivity index (χ0n) is 30.4. The Morgan fingerprint density at radius 2 is 0.789 bits per heavy atom. The van der Waals surface area contributed by atoms with E-state index < -0.39 is 0 Å². The molecule has 0 aliphatic rings. The standard InChI is InChI=1S/C51H30N4O2/c1-3-11-31(12-4-1)32-19-23-36(24-20-32)55-43-17-9-7-15-37(43)41-29-42-40-26-22-35(28-47(40)57-48(42)30-44(41)55)51-53-49(33-13-5-2-6-14-33)52-50(54-51)34-21-25-39-38-16-8-10-18-45(38)56-46(39)27-34/h1-30H. The van der Waals surface area contributed by atoms with Gasteiger partial charge in [-0.2, -0.15) is 0 Å². The van der Waals surface area contributed by atoms with Gasteiger partial charge in [-0.3, -0.25) is 0 Å². The quantitative estimate of drug-likeness (QED) is 0.176. The highest BCUT2D eigenvalue weighted by Gasteiger charge is 2.19. The number of aromatic nitrogens is 4. The van der Waals surface area contributed by atoms with Crippen molar-refractivity contribution in [3.05, 3.63) is 182 Å². The van der Waals surface area contributed by atoms with Crippen molar-refractivity contribution in [2.45, 2.75) is 0 Å². The number of benzene rings is 8. The molecule has 4 heterocycles. The number of para-hydroxylation sites is 2. The molecule has 6 nitrogen and oxygen atoms in total. The van der Waals surface area contributed by atoms with E-state index in [1.807, 2.05) is 66.7 Å². The fourth-order valence-electron chi connectivity index (χ4n) is 8.30. The van der Waals surface area contributed by atoms with Gasteiger partial charge in [-0.15, -0.1) is 0 Å². The van der Waals surface area contributed by atoms with Gasteiger partial charge in [-0.1, -0.05) is 121 Å². The van der Waals surface area contributed by atoms with Crippen LogP contribution in [-0.2, 0) is 0 Å². The first-order valence-electron chi connectivity index (χ1n) is 19.0. The summed E-state index contributed by atoms with van der Waals surface area (Å²) >= 11 is 0. The molecule has 12 aromatic rings. The van der Waals surface area contributed by atoms with Gasteiger partial charge >= 0.3 is 0 Å². The van der Waals surface area contributed by atoms with Gasteiger partial charge in [0.25, 0.3) is 0 Å². The summed E-state index contributed by atoms with van der Waals surface area (Å²) in [5.74, 6) is 1.72. The van der Waals surface area contributed by atoms with Crippen LogP contribution in [0.15, 0.2) is 191 Å².